The van der Waals surface area contributed by atoms with Crippen molar-refractivity contribution in [3.8, 4) is 0 Å². The summed E-state index contributed by atoms with van der Waals surface area (Å²) in [6.07, 6.45) is 2.39. The molecule has 1 N–H and O–H groups in total. The van der Waals surface area contributed by atoms with E-state index in [9.17, 15) is 9.90 Å². The summed E-state index contributed by atoms with van der Waals surface area (Å²) >= 11 is 0. The van der Waals surface area contributed by atoms with Crippen molar-refractivity contribution in [2.75, 3.05) is 0 Å². The van der Waals surface area contributed by atoms with Crippen LogP contribution in [0.4, 0.5) is 0 Å². The fourth-order valence-electron chi connectivity index (χ4n) is 4.27. The van der Waals surface area contributed by atoms with Crippen molar-refractivity contribution in [3.63, 3.8) is 0 Å². The van der Waals surface area contributed by atoms with E-state index in [4.69, 9.17) is 0 Å². The van der Waals surface area contributed by atoms with Crippen molar-refractivity contribution in [2.45, 2.75) is 52.3 Å². The van der Waals surface area contributed by atoms with Crippen LogP contribution in [-0.2, 0) is 5.72 Å². The van der Waals surface area contributed by atoms with Crippen LogP contribution in [0.1, 0.15) is 62.7 Å². The number of amides is 1. The van der Waals surface area contributed by atoms with Crippen molar-refractivity contribution in [1.29, 1.82) is 0 Å². The Labute approximate surface area is 149 Å². The van der Waals surface area contributed by atoms with Gasteiger partial charge in [0.15, 0.2) is 0 Å². The molecule has 1 aromatic carbocycles. The average molecular weight is 338 g/mol. The predicted octanol–water partition coefficient (Wildman–Crippen LogP) is 3.95. The van der Waals surface area contributed by atoms with Crippen LogP contribution in [0.3, 0.4) is 0 Å². The smallest absolute Gasteiger partial charge is 0.257 e. The second-order valence-electron chi connectivity index (χ2n) is 8.62. The van der Waals surface area contributed by atoms with Gasteiger partial charge in [-0.1, -0.05) is 45.0 Å². The van der Waals surface area contributed by atoms with Crippen LogP contribution in [0.25, 0.3) is 0 Å². The van der Waals surface area contributed by atoms with Gasteiger partial charge in [-0.3, -0.25) is 14.7 Å². The Hall–Kier alpha value is -2.20. The van der Waals surface area contributed by atoms with Crippen molar-refractivity contribution in [3.05, 3.63) is 65.5 Å². The van der Waals surface area contributed by atoms with E-state index >= 15 is 0 Å². The number of fused-ring (bicyclic) bond motifs is 1. The molecule has 25 heavy (non-hydrogen) atoms. The van der Waals surface area contributed by atoms with Crippen LogP contribution in [0.5, 0.6) is 0 Å². The van der Waals surface area contributed by atoms with Gasteiger partial charge >= 0.3 is 0 Å². The first-order chi connectivity index (χ1) is 11.6. The lowest BCUT2D eigenvalue weighted by molar-refractivity contribution is -0.103. The second kappa shape index (κ2) is 5.67. The molecule has 1 aliphatic rings. The van der Waals surface area contributed by atoms with E-state index in [0.717, 1.165) is 6.42 Å². The van der Waals surface area contributed by atoms with Crippen molar-refractivity contribution in [2.24, 2.45) is 5.41 Å². The van der Waals surface area contributed by atoms with E-state index in [1.165, 1.54) is 0 Å². The van der Waals surface area contributed by atoms with E-state index in [1.807, 2.05) is 38.1 Å². The monoisotopic (exact) mass is 338 g/mol. The molecule has 0 radical (unpaired) electrons. The molecule has 0 saturated heterocycles. The van der Waals surface area contributed by atoms with Gasteiger partial charge in [-0.2, -0.15) is 0 Å². The Balaban J connectivity index is 2.22. The molecule has 132 valence electrons. The van der Waals surface area contributed by atoms with Gasteiger partial charge in [-0.15, -0.1) is 0 Å². The molecule has 0 spiro atoms. The quantitative estimate of drug-likeness (QED) is 0.922. The van der Waals surface area contributed by atoms with Gasteiger partial charge in [0.05, 0.1) is 5.69 Å². The third kappa shape index (κ3) is 2.85. The van der Waals surface area contributed by atoms with Crippen molar-refractivity contribution in [1.82, 2.24) is 9.88 Å². The molecule has 0 bridgehead atoms. The fourth-order valence-corrected chi connectivity index (χ4v) is 4.27. The molecule has 1 unspecified atom stereocenters. The topological polar surface area (TPSA) is 53.4 Å². The van der Waals surface area contributed by atoms with Gasteiger partial charge in [0.1, 0.15) is 0 Å². The standard InChI is InChI=1S/C21H26N2O2/c1-19(2,3)14-20(4,5)23-18(24)15-10-6-7-11-16(15)21(23,25)17-12-8-9-13-22-17/h6-13,25H,14H2,1-5H3. The maximum atomic E-state index is 13.3. The third-order valence-corrected chi connectivity index (χ3v) is 4.65. The normalized spacial score (nSPS) is 20.7. The summed E-state index contributed by atoms with van der Waals surface area (Å²) in [4.78, 5) is 19.2. The highest BCUT2D eigenvalue weighted by Crippen LogP contribution is 2.47. The lowest BCUT2D eigenvalue weighted by atomic mass is 9.79. The number of aromatic nitrogens is 1. The maximum Gasteiger partial charge on any atom is 0.257 e. The number of pyridine rings is 1. The van der Waals surface area contributed by atoms with Gasteiger partial charge < -0.3 is 5.11 Å². The number of benzene rings is 1. The molecule has 2 aromatic rings. The molecule has 4 heteroatoms. The van der Waals surface area contributed by atoms with Gasteiger partial charge in [0, 0.05) is 22.9 Å². The molecular formula is C21H26N2O2. The fraction of sp³-hybridized carbons (Fsp3) is 0.429. The Morgan fingerprint density at radius 3 is 2.28 bits per heavy atom. The van der Waals surface area contributed by atoms with Crippen LogP contribution in [-0.4, -0.2) is 26.4 Å². The first kappa shape index (κ1) is 17.6. The molecular weight excluding hydrogens is 312 g/mol. The molecule has 4 nitrogen and oxygen atoms in total. The number of carbonyl (C=O) groups is 1. The number of hydrogen-bond donors (Lipinski definition) is 1. The van der Waals surface area contributed by atoms with Crippen LogP contribution in [0.2, 0.25) is 0 Å². The lowest BCUT2D eigenvalue weighted by Gasteiger charge is -2.47. The first-order valence-corrected chi connectivity index (χ1v) is 8.65. The van der Waals surface area contributed by atoms with Crippen LogP contribution < -0.4 is 0 Å². The first-order valence-electron chi connectivity index (χ1n) is 8.65. The number of rotatable bonds is 3. The SMILES string of the molecule is CC(C)(C)CC(C)(C)N1C(=O)c2ccccc2C1(O)c1ccccn1. The summed E-state index contributed by atoms with van der Waals surface area (Å²) in [5.41, 5.74) is -0.512. The second-order valence-corrected chi connectivity index (χ2v) is 8.62. The highest BCUT2D eigenvalue weighted by molar-refractivity contribution is 6.00. The molecule has 0 saturated carbocycles. The van der Waals surface area contributed by atoms with E-state index in [0.29, 0.717) is 16.8 Å². The summed E-state index contributed by atoms with van der Waals surface area (Å²) in [5, 5.41) is 11.8. The minimum absolute atomic E-state index is 0.00355. The zero-order valence-corrected chi connectivity index (χ0v) is 15.6. The minimum atomic E-state index is -1.57. The molecule has 1 amide bonds. The molecule has 2 heterocycles. The van der Waals surface area contributed by atoms with Gasteiger partial charge in [-0.05, 0) is 43.9 Å². The Bertz CT molecular complexity index is 793. The van der Waals surface area contributed by atoms with E-state index in [-0.39, 0.29) is 11.3 Å². The molecule has 1 atom stereocenters. The Morgan fingerprint density at radius 2 is 1.68 bits per heavy atom. The molecule has 1 aliphatic heterocycles. The highest BCUT2D eigenvalue weighted by Gasteiger charge is 2.56. The lowest BCUT2D eigenvalue weighted by Crippen LogP contribution is -2.57. The van der Waals surface area contributed by atoms with Crippen molar-refractivity contribution < 1.29 is 9.90 Å². The molecule has 0 aliphatic carbocycles. The summed E-state index contributed by atoms with van der Waals surface area (Å²) in [6, 6.07) is 12.7. The largest absolute Gasteiger partial charge is 0.362 e. The zero-order chi connectivity index (χ0) is 18.5. The van der Waals surface area contributed by atoms with Crippen molar-refractivity contribution >= 4 is 5.91 Å². The minimum Gasteiger partial charge on any atom is -0.362 e. The van der Waals surface area contributed by atoms with Crippen LogP contribution >= 0.6 is 0 Å². The zero-order valence-electron chi connectivity index (χ0n) is 15.6. The Kier molecular flexibility index (Phi) is 3.99. The summed E-state index contributed by atoms with van der Waals surface area (Å²) in [6.45, 7) is 10.4. The molecule has 0 fully saturated rings. The van der Waals surface area contributed by atoms with Gasteiger partial charge in [0.25, 0.3) is 5.91 Å². The van der Waals surface area contributed by atoms with E-state index < -0.39 is 11.3 Å². The van der Waals surface area contributed by atoms with Crippen LogP contribution in [0, 0.1) is 5.41 Å². The van der Waals surface area contributed by atoms with E-state index in [2.05, 4.69) is 25.8 Å². The Morgan fingerprint density at radius 1 is 1.04 bits per heavy atom. The molecule has 1 aromatic heterocycles. The number of carbonyl (C=O) groups excluding carboxylic acids is 1. The van der Waals surface area contributed by atoms with Crippen LogP contribution in [0.15, 0.2) is 48.7 Å². The maximum absolute atomic E-state index is 13.3. The number of hydrogen-bond acceptors (Lipinski definition) is 3. The summed E-state index contributed by atoms with van der Waals surface area (Å²) in [5.74, 6) is -0.155. The third-order valence-electron chi connectivity index (χ3n) is 4.65. The summed E-state index contributed by atoms with van der Waals surface area (Å²) < 4.78 is 0. The average Bonchev–Trinajstić information content (AvgIpc) is 2.76. The predicted molar refractivity (Wildman–Crippen MR) is 98.0 cm³/mol. The highest BCUT2D eigenvalue weighted by atomic mass is 16.3. The number of aliphatic hydroxyl groups is 1. The van der Waals surface area contributed by atoms with Gasteiger partial charge in [-0.25, -0.2) is 0 Å². The number of nitrogens with zero attached hydrogens (tertiary/aromatic N) is 2. The molecule has 3 rings (SSSR count). The van der Waals surface area contributed by atoms with E-state index in [1.54, 1.807) is 29.3 Å². The van der Waals surface area contributed by atoms with Gasteiger partial charge in [0.2, 0.25) is 5.72 Å². The summed E-state index contributed by atoms with van der Waals surface area (Å²) in [7, 11) is 0.